The molecule has 1 atom stereocenters. The third-order valence-electron chi connectivity index (χ3n) is 4.14. The first-order valence-electron chi connectivity index (χ1n) is 7.48. The lowest BCUT2D eigenvalue weighted by Crippen LogP contribution is -2.23. The van der Waals surface area contributed by atoms with Crippen molar-refractivity contribution in [3.05, 3.63) is 41.2 Å². The average molecular weight is 300 g/mol. The quantitative estimate of drug-likeness (QED) is 0.933. The molecule has 1 saturated heterocycles. The van der Waals surface area contributed by atoms with E-state index in [1.165, 1.54) is 5.56 Å². The Morgan fingerprint density at radius 3 is 2.68 bits per heavy atom. The Morgan fingerprint density at radius 1 is 1.36 bits per heavy atom. The average Bonchev–Trinajstić information content (AvgIpc) is 3.06. The third-order valence-corrected chi connectivity index (χ3v) is 4.14. The minimum Gasteiger partial charge on any atom is -0.478 e. The van der Waals surface area contributed by atoms with Gasteiger partial charge >= 0.3 is 5.97 Å². The van der Waals surface area contributed by atoms with Gasteiger partial charge in [-0.15, -0.1) is 0 Å². The van der Waals surface area contributed by atoms with E-state index in [0.29, 0.717) is 11.5 Å². The van der Waals surface area contributed by atoms with Crippen LogP contribution in [0.25, 0.3) is 0 Å². The van der Waals surface area contributed by atoms with Gasteiger partial charge in [-0.1, -0.05) is 12.1 Å². The number of carboxylic acid groups (broad SMARTS) is 1. The summed E-state index contributed by atoms with van der Waals surface area (Å²) in [5.41, 5.74) is 1.53. The molecule has 6 nitrogen and oxygen atoms in total. The molecule has 1 aliphatic heterocycles. The van der Waals surface area contributed by atoms with Gasteiger partial charge in [0.25, 0.3) is 0 Å². The summed E-state index contributed by atoms with van der Waals surface area (Å²) in [4.78, 5) is 17.6. The van der Waals surface area contributed by atoms with Crippen molar-refractivity contribution in [3.63, 3.8) is 0 Å². The largest absolute Gasteiger partial charge is 0.478 e. The highest BCUT2D eigenvalue weighted by Crippen LogP contribution is 2.25. The lowest BCUT2D eigenvalue weighted by molar-refractivity contribution is 0.0697. The van der Waals surface area contributed by atoms with Crippen LogP contribution in [0.4, 0.5) is 5.95 Å². The van der Waals surface area contributed by atoms with Crippen LogP contribution in [0.2, 0.25) is 0 Å². The second-order valence-electron chi connectivity index (χ2n) is 5.89. The number of aromatic nitrogens is 3. The monoisotopic (exact) mass is 300 g/mol. The Morgan fingerprint density at radius 2 is 2.09 bits per heavy atom. The zero-order valence-electron chi connectivity index (χ0n) is 12.9. The number of carbonyl (C=O) groups is 1. The molecule has 0 amide bonds. The zero-order valence-corrected chi connectivity index (χ0v) is 12.9. The van der Waals surface area contributed by atoms with E-state index < -0.39 is 5.97 Å². The molecule has 22 heavy (non-hydrogen) atoms. The van der Waals surface area contributed by atoms with Gasteiger partial charge < -0.3 is 10.0 Å². The second kappa shape index (κ2) is 5.79. The minimum atomic E-state index is -0.878. The number of hydrogen-bond acceptors (Lipinski definition) is 4. The van der Waals surface area contributed by atoms with Crippen molar-refractivity contribution in [2.45, 2.75) is 19.8 Å². The summed E-state index contributed by atoms with van der Waals surface area (Å²) in [5, 5.41) is 13.2. The highest BCUT2D eigenvalue weighted by Gasteiger charge is 2.25. The Bertz CT molecular complexity index is 678. The van der Waals surface area contributed by atoms with Crippen LogP contribution in [0, 0.1) is 12.8 Å². The van der Waals surface area contributed by atoms with Crippen LogP contribution in [0.15, 0.2) is 24.3 Å². The van der Waals surface area contributed by atoms with E-state index >= 15 is 0 Å². The maximum atomic E-state index is 10.9. The number of benzene rings is 1. The summed E-state index contributed by atoms with van der Waals surface area (Å²) >= 11 is 0. The normalized spacial score (nSPS) is 17.9. The first-order chi connectivity index (χ1) is 10.5. The topological polar surface area (TPSA) is 71.2 Å². The molecule has 0 bridgehead atoms. The van der Waals surface area contributed by atoms with Gasteiger partial charge in [0.05, 0.1) is 5.56 Å². The third kappa shape index (κ3) is 2.95. The molecule has 1 fully saturated rings. The van der Waals surface area contributed by atoms with Crippen molar-refractivity contribution in [1.82, 2.24) is 14.8 Å². The van der Waals surface area contributed by atoms with Gasteiger partial charge in [-0.05, 0) is 43.4 Å². The fourth-order valence-corrected chi connectivity index (χ4v) is 3.07. The van der Waals surface area contributed by atoms with Crippen LogP contribution in [0.1, 0.15) is 28.2 Å². The molecule has 0 radical (unpaired) electrons. The van der Waals surface area contributed by atoms with Gasteiger partial charge in [0.2, 0.25) is 5.95 Å². The standard InChI is InChI=1S/C16H20N4O2/c1-11-17-16(19(2)18-11)20-8-7-13(10-20)9-12-3-5-14(6-4-12)15(21)22/h3-6,13H,7-10H2,1-2H3,(H,21,22). The molecule has 1 aliphatic rings. The lowest BCUT2D eigenvalue weighted by Gasteiger charge is -2.16. The summed E-state index contributed by atoms with van der Waals surface area (Å²) in [5.74, 6) is 1.41. The number of rotatable bonds is 4. The number of aromatic carboxylic acids is 1. The fourth-order valence-electron chi connectivity index (χ4n) is 3.07. The first-order valence-corrected chi connectivity index (χ1v) is 7.48. The summed E-state index contributed by atoms with van der Waals surface area (Å²) in [6.07, 6.45) is 2.08. The molecular weight excluding hydrogens is 280 g/mol. The van der Waals surface area contributed by atoms with Gasteiger partial charge in [-0.3, -0.25) is 0 Å². The number of aryl methyl sites for hydroxylation is 2. The molecule has 1 aromatic carbocycles. The van der Waals surface area contributed by atoms with Crippen LogP contribution in [0.3, 0.4) is 0 Å². The Kier molecular flexibility index (Phi) is 3.83. The van der Waals surface area contributed by atoms with Gasteiger partial charge in [-0.25, -0.2) is 9.48 Å². The second-order valence-corrected chi connectivity index (χ2v) is 5.89. The van der Waals surface area contributed by atoms with Crippen molar-refractivity contribution < 1.29 is 9.90 Å². The summed E-state index contributed by atoms with van der Waals surface area (Å²) < 4.78 is 1.83. The molecule has 3 rings (SSSR count). The summed E-state index contributed by atoms with van der Waals surface area (Å²) in [6, 6.07) is 7.18. The molecule has 2 aromatic rings. The molecule has 6 heteroatoms. The van der Waals surface area contributed by atoms with Gasteiger partial charge in [0, 0.05) is 20.1 Å². The SMILES string of the molecule is Cc1nc(N2CCC(Cc3ccc(C(=O)O)cc3)C2)n(C)n1. The van der Waals surface area contributed by atoms with Crippen LogP contribution >= 0.6 is 0 Å². The highest BCUT2D eigenvalue weighted by atomic mass is 16.4. The first kappa shape index (κ1) is 14.6. The van der Waals surface area contributed by atoms with Crippen LogP contribution in [0.5, 0.6) is 0 Å². The Hall–Kier alpha value is -2.37. The van der Waals surface area contributed by atoms with Crippen LogP contribution in [-0.4, -0.2) is 38.9 Å². The molecule has 1 N–H and O–H groups in total. The molecule has 1 unspecified atom stereocenters. The molecule has 1 aromatic heterocycles. The highest BCUT2D eigenvalue weighted by molar-refractivity contribution is 5.87. The van der Waals surface area contributed by atoms with Gasteiger partial charge in [0.15, 0.2) is 0 Å². The molecular formula is C16H20N4O2. The number of anilines is 1. The Labute approximate surface area is 129 Å². The van der Waals surface area contributed by atoms with Crippen LogP contribution < -0.4 is 4.90 Å². The van der Waals surface area contributed by atoms with Crippen molar-refractivity contribution >= 4 is 11.9 Å². The molecule has 0 saturated carbocycles. The van der Waals surface area contributed by atoms with E-state index in [2.05, 4.69) is 15.0 Å². The minimum absolute atomic E-state index is 0.339. The van der Waals surface area contributed by atoms with E-state index in [-0.39, 0.29) is 0 Å². The molecule has 0 aliphatic carbocycles. The molecule has 2 heterocycles. The lowest BCUT2D eigenvalue weighted by atomic mass is 9.98. The predicted molar refractivity (Wildman–Crippen MR) is 83.2 cm³/mol. The maximum Gasteiger partial charge on any atom is 0.335 e. The molecule has 0 spiro atoms. The van der Waals surface area contributed by atoms with Crippen molar-refractivity contribution in [2.24, 2.45) is 13.0 Å². The van der Waals surface area contributed by atoms with Gasteiger partial charge in [0.1, 0.15) is 5.82 Å². The number of nitrogens with zero attached hydrogens (tertiary/aromatic N) is 4. The van der Waals surface area contributed by atoms with Crippen molar-refractivity contribution in [3.8, 4) is 0 Å². The van der Waals surface area contributed by atoms with E-state index in [1.54, 1.807) is 12.1 Å². The van der Waals surface area contributed by atoms with E-state index in [4.69, 9.17) is 5.11 Å². The smallest absolute Gasteiger partial charge is 0.335 e. The fraction of sp³-hybridized carbons (Fsp3) is 0.438. The summed E-state index contributed by atoms with van der Waals surface area (Å²) in [6.45, 7) is 3.86. The van der Waals surface area contributed by atoms with E-state index in [9.17, 15) is 4.79 Å². The maximum absolute atomic E-state index is 10.9. The van der Waals surface area contributed by atoms with E-state index in [1.807, 2.05) is 30.8 Å². The van der Waals surface area contributed by atoms with E-state index in [0.717, 1.165) is 37.7 Å². The summed E-state index contributed by atoms with van der Waals surface area (Å²) in [7, 11) is 1.92. The van der Waals surface area contributed by atoms with Crippen LogP contribution in [-0.2, 0) is 13.5 Å². The van der Waals surface area contributed by atoms with Crippen molar-refractivity contribution in [1.29, 1.82) is 0 Å². The predicted octanol–water partition coefficient (Wildman–Crippen LogP) is 1.89. The molecule has 116 valence electrons. The Balaban J connectivity index is 1.63. The zero-order chi connectivity index (χ0) is 15.7. The number of hydrogen-bond donors (Lipinski definition) is 1. The number of carboxylic acids is 1. The van der Waals surface area contributed by atoms with Crippen molar-refractivity contribution in [2.75, 3.05) is 18.0 Å². The van der Waals surface area contributed by atoms with Gasteiger partial charge in [-0.2, -0.15) is 10.1 Å².